The third-order valence-corrected chi connectivity index (χ3v) is 8.55. The van der Waals surface area contributed by atoms with Gasteiger partial charge in [0, 0.05) is 12.1 Å². The molecule has 8 atom stereocenters. The van der Waals surface area contributed by atoms with Crippen LogP contribution in [0.15, 0.2) is 0 Å². The molecule has 0 aromatic carbocycles. The minimum absolute atomic E-state index is 0.0313. The predicted molar refractivity (Wildman–Crippen MR) is 103 cm³/mol. The highest BCUT2D eigenvalue weighted by Crippen LogP contribution is 2.50. The van der Waals surface area contributed by atoms with Crippen molar-refractivity contribution in [3.63, 3.8) is 0 Å². The molecule has 0 spiro atoms. The molecule has 170 valence electrons. The Morgan fingerprint density at radius 1 is 0.700 bits per heavy atom. The average Bonchev–Trinajstić information content (AvgIpc) is 3.47. The molecule has 0 heterocycles. The van der Waals surface area contributed by atoms with E-state index < -0.39 is 35.7 Å². The van der Waals surface area contributed by atoms with Gasteiger partial charge in [-0.05, 0) is 87.9 Å². The molecule has 4 nitrogen and oxygen atoms in total. The van der Waals surface area contributed by atoms with E-state index in [0.29, 0.717) is 23.7 Å². The molecule has 0 radical (unpaired) electrons. The Labute approximate surface area is 174 Å². The highest BCUT2D eigenvalue weighted by atomic mass is 19.3. The van der Waals surface area contributed by atoms with Crippen LogP contribution >= 0.6 is 0 Å². The molecule has 0 saturated heterocycles. The lowest BCUT2D eigenvalue weighted by molar-refractivity contribution is -0.212. The third kappa shape index (κ3) is 3.62. The second-order valence-electron chi connectivity index (χ2n) is 10.4. The molecule has 0 unspecified atom stereocenters. The van der Waals surface area contributed by atoms with Crippen molar-refractivity contribution in [3.8, 4) is 0 Å². The molecule has 4 rings (SSSR count). The molecule has 0 aliphatic heterocycles. The average molecular weight is 433 g/mol. The number of carbonyl (C=O) groups excluding carboxylic acids is 2. The molecular weight excluding hydrogens is 400 g/mol. The molecule has 30 heavy (non-hydrogen) atoms. The Hall–Kier alpha value is -1.34. The second kappa shape index (κ2) is 7.66. The van der Waals surface area contributed by atoms with E-state index in [4.69, 9.17) is 0 Å². The summed E-state index contributed by atoms with van der Waals surface area (Å²) in [5, 5.41) is 4.18. The molecule has 8 heteroatoms. The summed E-state index contributed by atoms with van der Waals surface area (Å²) in [5.74, 6) is -12.5. The van der Waals surface area contributed by atoms with Crippen LogP contribution in [-0.2, 0) is 9.59 Å². The van der Waals surface area contributed by atoms with Crippen LogP contribution in [0.3, 0.4) is 0 Å². The Bertz CT molecular complexity index is 643. The normalized spacial score (nSPS) is 37.3. The number of amides is 2. The molecule has 4 fully saturated rings. The molecule has 2 amide bonds. The maximum absolute atomic E-state index is 14.4. The van der Waals surface area contributed by atoms with E-state index in [9.17, 15) is 27.2 Å². The Balaban J connectivity index is 1.36. The van der Waals surface area contributed by atoms with Gasteiger partial charge in [-0.1, -0.05) is 12.8 Å². The fourth-order valence-electron chi connectivity index (χ4n) is 6.91. The van der Waals surface area contributed by atoms with Gasteiger partial charge >= 0.3 is 11.8 Å². The van der Waals surface area contributed by atoms with Crippen LogP contribution < -0.4 is 10.6 Å². The van der Waals surface area contributed by atoms with Gasteiger partial charge in [-0.25, -0.2) is 0 Å². The van der Waals surface area contributed by atoms with Gasteiger partial charge < -0.3 is 10.6 Å². The van der Waals surface area contributed by atoms with Crippen LogP contribution in [0.5, 0.6) is 0 Å². The first-order valence-electron chi connectivity index (χ1n) is 11.4. The fourth-order valence-corrected chi connectivity index (χ4v) is 6.91. The van der Waals surface area contributed by atoms with Crippen molar-refractivity contribution >= 4 is 11.8 Å². The summed E-state index contributed by atoms with van der Waals surface area (Å²) >= 11 is 0. The summed E-state index contributed by atoms with van der Waals surface area (Å²) in [7, 11) is 0. The first kappa shape index (κ1) is 21.9. The number of nitrogens with one attached hydrogen (secondary N) is 2. The van der Waals surface area contributed by atoms with Crippen molar-refractivity contribution in [2.45, 2.75) is 89.1 Å². The van der Waals surface area contributed by atoms with Gasteiger partial charge in [0.05, 0.1) is 0 Å². The topological polar surface area (TPSA) is 58.2 Å². The molecule has 0 aromatic heterocycles. The monoisotopic (exact) mass is 432 g/mol. The van der Waals surface area contributed by atoms with Crippen LogP contribution in [0.25, 0.3) is 0 Å². The van der Waals surface area contributed by atoms with E-state index in [1.165, 1.54) is 0 Å². The molecule has 4 aliphatic carbocycles. The first-order chi connectivity index (χ1) is 14.0. The van der Waals surface area contributed by atoms with Crippen molar-refractivity contribution in [2.75, 3.05) is 0 Å². The lowest BCUT2D eigenvalue weighted by atomic mass is 9.83. The zero-order valence-electron chi connectivity index (χ0n) is 17.6. The van der Waals surface area contributed by atoms with Crippen molar-refractivity contribution in [1.29, 1.82) is 0 Å². The Morgan fingerprint density at radius 3 is 1.33 bits per heavy atom. The van der Waals surface area contributed by atoms with Gasteiger partial charge in [0.15, 0.2) is 0 Å². The zero-order valence-corrected chi connectivity index (χ0v) is 17.6. The number of hydrogen-bond acceptors (Lipinski definition) is 2. The molecule has 4 saturated carbocycles. The smallest absolute Gasteiger partial charge is 0.348 e. The summed E-state index contributed by atoms with van der Waals surface area (Å²) < 4.78 is 57.7. The SMILES string of the molecule is C[C@H](NC(=O)C(F)(F)C(F)(F)C(=O)N[C@H](C)[C@H]1C[C@H]2CC[C@H]1C2)[C@@H]1C[C@H]2CC[C@H]1C2. The molecular formula is C22H32F4N2O2. The maximum atomic E-state index is 14.4. The van der Waals surface area contributed by atoms with Gasteiger partial charge in [0.2, 0.25) is 0 Å². The molecule has 4 aliphatic rings. The highest BCUT2D eigenvalue weighted by Gasteiger charge is 2.67. The summed E-state index contributed by atoms with van der Waals surface area (Å²) in [5.41, 5.74) is 0. The standard InChI is InChI=1S/C22H32F4N2O2/c1-11(17-9-13-3-5-15(17)7-13)27-19(29)21(23,24)22(25,26)20(30)28-12(2)18-10-14-4-6-16(18)8-14/h11-18H,3-10H2,1-2H3,(H,27,29)(H,28,30)/t11-,12+,13-,14-,15-,16-,17-,18+/m0/s1. The largest absolute Gasteiger partial charge is 0.395 e. The van der Waals surface area contributed by atoms with Crippen molar-refractivity contribution in [3.05, 3.63) is 0 Å². The van der Waals surface area contributed by atoms with Gasteiger partial charge in [-0.15, -0.1) is 0 Å². The predicted octanol–water partition coefficient (Wildman–Crippen LogP) is 4.14. The quantitative estimate of drug-likeness (QED) is 0.594. The zero-order chi connectivity index (χ0) is 21.8. The van der Waals surface area contributed by atoms with Gasteiger partial charge in [0.25, 0.3) is 11.8 Å². The van der Waals surface area contributed by atoms with Crippen LogP contribution in [0.2, 0.25) is 0 Å². The minimum Gasteiger partial charge on any atom is -0.348 e. The number of hydrogen-bond donors (Lipinski definition) is 2. The second-order valence-corrected chi connectivity index (χ2v) is 10.4. The third-order valence-electron chi connectivity index (χ3n) is 8.55. The van der Waals surface area contributed by atoms with Gasteiger partial charge in [0.1, 0.15) is 0 Å². The highest BCUT2D eigenvalue weighted by molar-refractivity contribution is 5.95. The summed E-state index contributed by atoms with van der Waals surface area (Å²) in [6, 6.07) is -1.24. The van der Waals surface area contributed by atoms with Crippen molar-refractivity contribution in [2.24, 2.45) is 35.5 Å². The van der Waals surface area contributed by atoms with Crippen molar-refractivity contribution in [1.82, 2.24) is 10.6 Å². The van der Waals surface area contributed by atoms with Gasteiger partial charge in [-0.2, -0.15) is 17.6 Å². The van der Waals surface area contributed by atoms with E-state index in [1.54, 1.807) is 13.8 Å². The fraction of sp³-hybridized carbons (Fsp3) is 0.909. The van der Waals surface area contributed by atoms with E-state index in [-0.39, 0.29) is 11.8 Å². The number of rotatable bonds is 7. The van der Waals surface area contributed by atoms with Gasteiger partial charge in [-0.3, -0.25) is 9.59 Å². The first-order valence-corrected chi connectivity index (χ1v) is 11.4. The number of carbonyl (C=O) groups is 2. The Kier molecular flexibility index (Phi) is 5.59. The van der Waals surface area contributed by atoms with Crippen LogP contribution in [-0.4, -0.2) is 35.7 Å². The number of alkyl halides is 4. The number of halogens is 4. The number of fused-ring (bicyclic) bond motifs is 4. The van der Waals surface area contributed by atoms with E-state index >= 15 is 0 Å². The van der Waals surface area contributed by atoms with E-state index in [0.717, 1.165) is 51.4 Å². The Morgan fingerprint density at radius 2 is 1.07 bits per heavy atom. The molecule has 4 bridgehead atoms. The van der Waals surface area contributed by atoms with E-state index in [1.807, 2.05) is 0 Å². The van der Waals surface area contributed by atoms with E-state index in [2.05, 4.69) is 10.6 Å². The summed E-state index contributed by atoms with van der Waals surface area (Å²) in [6.45, 7) is 3.18. The lowest BCUT2D eigenvalue weighted by Crippen LogP contribution is -2.62. The molecule has 2 N–H and O–H groups in total. The summed E-state index contributed by atoms with van der Waals surface area (Å²) in [6.07, 6.45) is 7.89. The van der Waals surface area contributed by atoms with Crippen molar-refractivity contribution < 1.29 is 27.2 Å². The summed E-state index contributed by atoms with van der Waals surface area (Å²) in [4.78, 5) is 24.2. The minimum atomic E-state index is -5.10. The van der Waals surface area contributed by atoms with Crippen LogP contribution in [0.4, 0.5) is 17.6 Å². The lowest BCUT2D eigenvalue weighted by Gasteiger charge is -2.33. The maximum Gasteiger partial charge on any atom is 0.395 e. The molecule has 0 aromatic rings. The van der Waals surface area contributed by atoms with Crippen LogP contribution in [0.1, 0.15) is 65.2 Å². The van der Waals surface area contributed by atoms with Crippen LogP contribution in [0, 0.1) is 35.5 Å².